The number of halogens is 3. The number of nitrogens with zero attached hydrogens (tertiary/aromatic N) is 1. The smallest absolute Gasteiger partial charge is 0.405 e. The van der Waals surface area contributed by atoms with Gasteiger partial charge in [0.15, 0.2) is 0 Å². The summed E-state index contributed by atoms with van der Waals surface area (Å²) in [6.45, 7) is 0.105. The van der Waals surface area contributed by atoms with Crippen LogP contribution in [0.2, 0.25) is 0 Å². The minimum atomic E-state index is -4.31. The standard InChI is InChI=1S/C13H11F3N2O2/c1-8(19)20-10-4-2-9-3-5-12(18-11(9)6-10)17-7-13(14,15)16/h2-6H,7H2,1H3,(H,17,18). The van der Waals surface area contributed by atoms with Gasteiger partial charge in [-0.3, -0.25) is 4.79 Å². The number of aromatic nitrogens is 1. The van der Waals surface area contributed by atoms with Gasteiger partial charge in [0, 0.05) is 18.4 Å². The van der Waals surface area contributed by atoms with Crippen molar-refractivity contribution in [2.75, 3.05) is 11.9 Å². The fraction of sp³-hybridized carbons (Fsp3) is 0.231. The molecule has 0 atom stereocenters. The zero-order valence-electron chi connectivity index (χ0n) is 10.5. The van der Waals surface area contributed by atoms with Crippen molar-refractivity contribution in [3.63, 3.8) is 0 Å². The molecule has 0 unspecified atom stereocenters. The van der Waals surface area contributed by atoms with E-state index in [0.717, 1.165) is 5.39 Å². The molecule has 0 radical (unpaired) electrons. The van der Waals surface area contributed by atoms with E-state index >= 15 is 0 Å². The number of esters is 1. The van der Waals surface area contributed by atoms with Crippen LogP contribution in [0.4, 0.5) is 19.0 Å². The van der Waals surface area contributed by atoms with Crippen molar-refractivity contribution in [2.24, 2.45) is 0 Å². The van der Waals surface area contributed by atoms with Crippen LogP contribution >= 0.6 is 0 Å². The van der Waals surface area contributed by atoms with Crippen molar-refractivity contribution in [2.45, 2.75) is 13.1 Å². The lowest BCUT2D eigenvalue weighted by atomic mass is 10.2. The zero-order chi connectivity index (χ0) is 14.8. The number of carbonyl (C=O) groups excluding carboxylic acids is 1. The molecule has 0 bridgehead atoms. The highest BCUT2D eigenvalue weighted by atomic mass is 19.4. The lowest BCUT2D eigenvalue weighted by molar-refractivity contribution is -0.131. The maximum absolute atomic E-state index is 12.1. The molecule has 0 aliphatic carbocycles. The quantitative estimate of drug-likeness (QED) is 0.695. The number of ether oxygens (including phenoxy) is 1. The topological polar surface area (TPSA) is 51.2 Å². The first kappa shape index (κ1) is 14.1. The Labute approximate surface area is 112 Å². The average Bonchev–Trinajstić information content (AvgIpc) is 2.34. The Morgan fingerprint density at radius 3 is 2.65 bits per heavy atom. The predicted octanol–water partition coefficient (Wildman–Crippen LogP) is 3.13. The first-order valence-electron chi connectivity index (χ1n) is 5.73. The Balaban J connectivity index is 2.24. The molecule has 20 heavy (non-hydrogen) atoms. The lowest BCUT2D eigenvalue weighted by Gasteiger charge is -2.09. The molecule has 2 aromatic rings. The molecule has 7 heteroatoms. The van der Waals surface area contributed by atoms with Crippen molar-refractivity contribution in [3.05, 3.63) is 30.3 Å². The van der Waals surface area contributed by atoms with Crippen molar-refractivity contribution in [1.82, 2.24) is 4.98 Å². The minimum absolute atomic E-state index is 0.106. The summed E-state index contributed by atoms with van der Waals surface area (Å²) in [5.41, 5.74) is 0.441. The molecule has 1 heterocycles. The van der Waals surface area contributed by atoms with E-state index in [9.17, 15) is 18.0 Å². The van der Waals surface area contributed by atoms with Gasteiger partial charge in [0.1, 0.15) is 18.1 Å². The van der Waals surface area contributed by atoms with E-state index in [4.69, 9.17) is 4.74 Å². The van der Waals surface area contributed by atoms with Crippen LogP contribution in [0.3, 0.4) is 0 Å². The molecular weight excluding hydrogens is 273 g/mol. The highest BCUT2D eigenvalue weighted by Gasteiger charge is 2.26. The summed E-state index contributed by atoms with van der Waals surface area (Å²) < 4.78 is 41.2. The predicted molar refractivity (Wildman–Crippen MR) is 67.6 cm³/mol. The van der Waals surface area contributed by atoms with E-state index in [-0.39, 0.29) is 5.82 Å². The summed E-state index contributed by atoms with van der Waals surface area (Å²) in [6.07, 6.45) is -4.31. The molecule has 0 saturated carbocycles. The average molecular weight is 284 g/mol. The molecule has 1 N–H and O–H groups in total. The number of alkyl halides is 3. The molecule has 1 aromatic carbocycles. The first-order chi connectivity index (χ1) is 9.33. The van der Waals surface area contributed by atoms with E-state index in [0.29, 0.717) is 11.3 Å². The van der Waals surface area contributed by atoms with E-state index in [2.05, 4.69) is 10.3 Å². The van der Waals surface area contributed by atoms with E-state index in [1.165, 1.54) is 19.1 Å². The van der Waals surface area contributed by atoms with Gasteiger partial charge in [0.2, 0.25) is 0 Å². The second-order valence-corrected chi connectivity index (χ2v) is 4.11. The minimum Gasteiger partial charge on any atom is -0.427 e. The molecule has 0 aliphatic rings. The molecule has 0 spiro atoms. The van der Waals surface area contributed by atoms with Crippen molar-refractivity contribution < 1.29 is 22.7 Å². The van der Waals surface area contributed by atoms with Crippen LogP contribution in [0.15, 0.2) is 30.3 Å². The molecule has 0 amide bonds. The highest BCUT2D eigenvalue weighted by Crippen LogP contribution is 2.22. The summed E-state index contributed by atoms with van der Waals surface area (Å²) >= 11 is 0. The van der Waals surface area contributed by atoms with Gasteiger partial charge in [-0.05, 0) is 24.3 Å². The molecule has 2 rings (SSSR count). The fourth-order valence-corrected chi connectivity index (χ4v) is 1.62. The van der Waals surface area contributed by atoms with Crippen LogP contribution in [0.25, 0.3) is 10.9 Å². The molecule has 0 fully saturated rings. The van der Waals surface area contributed by atoms with E-state index in [1.807, 2.05) is 0 Å². The third kappa shape index (κ3) is 3.84. The maximum Gasteiger partial charge on any atom is 0.405 e. The van der Waals surface area contributed by atoms with Gasteiger partial charge in [0.05, 0.1) is 5.52 Å². The van der Waals surface area contributed by atoms with Gasteiger partial charge in [-0.2, -0.15) is 13.2 Å². The number of pyridine rings is 1. The summed E-state index contributed by atoms with van der Waals surface area (Å²) in [5, 5.41) is 2.93. The van der Waals surface area contributed by atoms with Crippen molar-refractivity contribution in [3.8, 4) is 5.75 Å². The van der Waals surface area contributed by atoms with Crippen LogP contribution in [0.1, 0.15) is 6.92 Å². The molecule has 106 valence electrons. The Bertz CT molecular complexity index is 641. The van der Waals surface area contributed by atoms with Gasteiger partial charge >= 0.3 is 12.1 Å². The van der Waals surface area contributed by atoms with E-state index in [1.54, 1.807) is 18.2 Å². The molecule has 4 nitrogen and oxygen atoms in total. The molecule has 1 aromatic heterocycles. The van der Waals surface area contributed by atoms with E-state index < -0.39 is 18.7 Å². The third-order valence-electron chi connectivity index (χ3n) is 2.40. The van der Waals surface area contributed by atoms with Gasteiger partial charge in [0.25, 0.3) is 0 Å². The van der Waals surface area contributed by atoms with Crippen LogP contribution in [-0.4, -0.2) is 23.7 Å². The Kier molecular flexibility index (Phi) is 3.78. The monoisotopic (exact) mass is 284 g/mol. The zero-order valence-corrected chi connectivity index (χ0v) is 10.5. The van der Waals surface area contributed by atoms with Crippen molar-refractivity contribution in [1.29, 1.82) is 0 Å². The van der Waals surface area contributed by atoms with Gasteiger partial charge in [-0.1, -0.05) is 0 Å². The van der Waals surface area contributed by atoms with Gasteiger partial charge in [-0.15, -0.1) is 0 Å². The summed E-state index contributed by atoms with van der Waals surface area (Å²) in [6, 6.07) is 7.86. The third-order valence-corrected chi connectivity index (χ3v) is 2.40. The summed E-state index contributed by atoms with van der Waals surface area (Å²) in [5.74, 6) is -0.0732. The summed E-state index contributed by atoms with van der Waals surface area (Å²) in [4.78, 5) is 14.9. The van der Waals surface area contributed by atoms with Gasteiger partial charge < -0.3 is 10.1 Å². The maximum atomic E-state index is 12.1. The number of hydrogen-bond donors (Lipinski definition) is 1. The fourth-order valence-electron chi connectivity index (χ4n) is 1.62. The Hall–Kier alpha value is -2.31. The number of anilines is 1. The Morgan fingerprint density at radius 2 is 2.00 bits per heavy atom. The van der Waals surface area contributed by atoms with Crippen LogP contribution < -0.4 is 10.1 Å². The van der Waals surface area contributed by atoms with Crippen molar-refractivity contribution >= 4 is 22.7 Å². The van der Waals surface area contributed by atoms with Crippen LogP contribution in [0.5, 0.6) is 5.75 Å². The number of fused-ring (bicyclic) bond motifs is 1. The second kappa shape index (κ2) is 5.36. The number of rotatable bonds is 3. The Morgan fingerprint density at radius 1 is 1.30 bits per heavy atom. The number of benzene rings is 1. The SMILES string of the molecule is CC(=O)Oc1ccc2ccc(NCC(F)(F)F)nc2c1. The van der Waals surface area contributed by atoms with Gasteiger partial charge in [-0.25, -0.2) is 4.98 Å². The van der Waals surface area contributed by atoms with Crippen LogP contribution in [0, 0.1) is 0 Å². The molecule has 0 saturated heterocycles. The highest BCUT2D eigenvalue weighted by molar-refractivity contribution is 5.82. The number of carbonyl (C=O) groups is 1. The largest absolute Gasteiger partial charge is 0.427 e. The lowest BCUT2D eigenvalue weighted by Crippen LogP contribution is -2.21. The molecule has 0 aliphatic heterocycles. The second-order valence-electron chi connectivity index (χ2n) is 4.11. The number of nitrogens with one attached hydrogen (secondary N) is 1. The first-order valence-corrected chi connectivity index (χ1v) is 5.73. The number of hydrogen-bond acceptors (Lipinski definition) is 4. The summed E-state index contributed by atoms with van der Waals surface area (Å²) in [7, 11) is 0. The normalized spacial score (nSPS) is 11.4. The van der Waals surface area contributed by atoms with Crippen LogP contribution in [-0.2, 0) is 4.79 Å². The molecular formula is C13H11F3N2O2.